The van der Waals surface area contributed by atoms with Crippen LogP contribution in [0.15, 0.2) is 24.3 Å². The summed E-state index contributed by atoms with van der Waals surface area (Å²) in [4.78, 5) is 12.3. The highest BCUT2D eigenvalue weighted by Crippen LogP contribution is 2.19. The van der Waals surface area contributed by atoms with Gasteiger partial charge in [0.1, 0.15) is 16.8 Å². The summed E-state index contributed by atoms with van der Waals surface area (Å²) in [6.07, 6.45) is 1.47. The second kappa shape index (κ2) is 7.74. The van der Waals surface area contributed by atoms with Crippen molar-refractivity contribution in [3.8, 4) is 5.75 Å². The summed E-state index contributed by atoms with van der Waals surface area (Å²) in [6.45, 7) is 3.96. The van der Waals surface area contributed by atoms with E-state index in [1.165, 1.54) is 11.3 Å². The lowest BCUT2D eigenvalue weighted by molar-refractivity contribution is -0.117. The third kappa shape index (κ3) is 4.17. The Morgan fingerprint density at radius 3 is 2.82 bits per heavy atom. The van der Waals surface area contributed by atoms with E-state index in [1.807, 2.05) is 38.1 Å². The molecule has 22 heavy (non-hydrogen) atoms. The van der Waals surface area contributed by atoms with Crippen LogP contribution < -0.4 is 15.4 Å². The molecule has 6 nitrogen and oxygen atoms in total. The van der Waals surface area contributed by atoms with Crippen LogP contribution in [0.3, 0.4) is 0 Å². The molecular formula is C15H20N4O2S. The van der Waals surface area contributed by atoms with Gasteiger partial charge in [0.25, 0.3) is 0 Å². The van der Waals surface area contributed by atoms with Crippen LogP contribution in [-0.2, 0) is 11.2 Å². The van der Waals surface area contributed by atoms with Crippen LogP contribution in [0.1, 0.15) is 25.3 Å². The van der Waals surface area contributed by atoms with E-state index < -0.39 is 0 Å². The third-order valence-corrected chi connectivity index (χ3v) is 4.12. The predicted molar refractivity (Wildman–Crippen MR) is 88.6 cm³/mol. The molecule has 1 amide bonds. The van der Waals surface area contributed by atoms with Gasteiger partial charge < -0.3 is 10.1 Å². The Kier molecular flexibility index (Phi) is 5.71. The molecule has 118 valence electrons. The van der Waals surface area contributed by atoms with Crippen molar-refractivity contribution in [2.75, 3.05) is 17.7 Å². The summed E-state index contributed by atoms with van der Waals surface area (Å²) in [5.41, 5.74) is 0.841. The number of carbonyl (C=O) groups excluding carboxylic acids is 1. The second-order valence-electron chi connectivity index (χ2n) is 4.68. The van der Waals surface area contributed by atoms with Gasteiger partial charge in [0.2, 0.25) is 11.0 Å². The molecule has 1 heterocycles. The maximum Gasteiger partial charge on any atom is 0.248 e. The lowest BCUT2D eigenvalue weighted by atomic mass is 10.2. The van der Waals surface area contributed by atoms with Crippen molar-refractivity contribution in [1.29, 1.82) is 0 Å². The molecule has 2 N–H and O–H groups in total. The van der Waals surface area contributed by atoms with Crippen molar-refractivity contribution >= 4 is 28.1 Å². The Balaban J connectivity index is 2.01. The van der Waals surface area contributed by atoms with Crippen LogP contribution in [0.25, 0.3) is 0 Å². The molecule has 1 aromatic carbocycles. The largest absolute Gasteiger partial charge is 0.497 e. The van der Waals surface area contributed by atoms with E-state index in [0.29, 0.717) is 11.6 Å². The van der Waals surface area contributed by atoms with E-state index in [0.717, 1.165) is 22.9 Å². The normalized spacial score (nSPS) is 11.8. The third-order valence-electron chi connectivity index (χ3n) is 3.13. The van der Waals surface area contributed by atoms with Gasteiger partial charge in [-0.15, -0.1) is 10.2 Å². The number of aryl methyl sites for hydroxylation is 1. The number of carbonyl (C=O) groups is 1. The molecule has 2 rings (SSSR count). The molecule has 0 radical (unpaired) electrons. The Bertz CT molecular complexity index is 630. The van der Waals surface area contributed by atoms with Gasteiger partial charge in [-0.05, 0) is 25.0 Å². The molecule has 0 fully saturated rings. The smallest absolute Gasteiger partial charge is 0.248 e. The highest BCUT2D eigenvalue weighted by molar-refractivity contribution is 7.15. The minimum Gasteiger partial charge on any atom is -0.497 e. The van der Waals surface area contributed by atoms with Crippen LogP contribution in [0, 0.1) is 0 Å². The predicted octanol–water partition coefficient (Wildman–Crippen LogP) is 2.94. The zero-order chi connectivity index (χ0) is 15.9. The molecule has 0 aliphatic rings. The number of amides is 1. The number of ether oxygens (including phenoxy) is 1. The summed E-state index contributed by atoms with van der Waals surface area (Å²) in [6, 6.07) is 7.15. The highest BCUT2D eigenvalue weighted by atomic mass is 32.1. The molecule has 0 aliphatic heterocycles. The van der Waals surface area contributed by atoms with Crippen molar-refractivity contribution in [2.24, 2.45) is 0 Å². The fraction of sp³-hybridized carbons (Fsp3) is 0.400. The van der Waals surface area contributed by atoms with Gasteiger partial charge in [-0.3, -0.25) is 10.1 Å². The van der Waals surface area contributed by atoms with Crippen molar-refractivity contribution in [3.05, 3.63) is 29.3 Å². The minimum atomic E-state index is -0.346. The quantitative estimate of drug-likeness (QED) is 0.820. The van der Waals surface area contributed by atoms with E-state index in [9.17, 15) is 4.79 Å². The Morgan fingerprint density at radius 2 is 2.18 bits per heavy atom. The number of nitrogens with one attached hydrogen (secondary N) is 2. The van der Waals surface area contributed by atoms with Crippen molar-refractivity contribution in [1.82, 2.24) is 10.2 Å². The first-order valence-electron chi connectivity index (χ1n) is 7.20. The van der Waals surface area contributed by atoms with Gasteiger partial charge in [0.05, 0.1) is 7.11 Å². The number of nitrogens with zero attached hydrogens (tertiary/aromatic N) is 2. The molecule has 0 saturated heterocycles. The van der Waals surface area contributed by atoms with Crippen LogP contribution in [-0.4, -0.2) is 29.3 Å². The zero-order valence-corrected chi connectivity index (χ0v) is 13.7. The van der Waals surface area contributed by atoms with Crippen LogP contribution >= 0.6 is 11.3 Å². The maximum absolute atomic E-state index is 12.3. The van der Waals surface area contributed by atoms with Gasteiger partial charge in [-0.1, -0.05) is 31.3 Å². The molecule has 0 unspecified atom stereocenters. The zero-order valence-electron chi connectivity index (χ0n) is 12.9. The average molecular weight is 320 g/mol. The fourth-order valence-corrected chi connectivity index (χ4v) is 2.59. The minimum absolute atomic E-state index is 0.121. The molecule has 1 atom stereocenters. The molecular weight excluding hydrogens is 300 g/mol. The molecule has 0 spiro atoms. The van der Waals surface area contributed by atoms with E-state index in [-0.39, 0.29) is 11.9 Å². The van der Waals surface area contributed by atoms with E-state index in [2.05, 4.69) is 20.8 Å². The Morgan fingerprint density at radius 1 is 1.36 bits per heavy atom. The van der Waals surface area contributed by atoms with Gasteiger partial charge in [0.15, 0.2) is 0 Å². The second-order valence-corrected chi connectivity index (χ2v) is 5.74. The number of rotatable bonds is 7. The molecule has 1 aromatic heterocycles. The van der Waals surface area contributed by atoms with Gasteiger partial charge in [-0.25, -0.2) is 0 Å². The van der Waals surface area contributed by atoms with Gasteiger partial charge in [-0.2, -0.15) is 0 Å². The first-order valence-corrected chi connectivity index (χ1v) is 8.01. The van der Waals surface area contributed by atoms with Crippen molar-refractivity contribution < 1.29 is 9.53 Å². The van der Waals surface area contributed by atoms with Crippen molar-refractivity contribution in [2.45, 2.75) is 32.7 Å². The van der Waals surface area contributed by atoms with E-state index in [1.54, 1.807) is 7.11 Å². The molecule has 2 aromatic rings. The van der Waals surface area contributed by atoms with Crippen molar-refractivity contribution in [3.63, 3.8) is 0 Å². The monoisotopic (exact) mass is 320 g/mol. The Labute approximate surface area is 133 Å². The number of aromatic nitrogens is 2. The summed E-state index contributed by atoms with van der Waals surface area (Å²) in [7, 11) is 1.61. The van der Waals surface area contributed by atoms with E-state index in [4.69, 9.17) is 4.74 Å². The maximum atomic E-state index is 12.3. The lowest BCUT2D eigenvalue weighted by Gasteiger charge is -2.17. The lowest BCUT2D eigenvalue weighted by Crippen LogP contribution is -2.34. The Hall–Kier alpha value is -2.15. The summed E-state index contributed by atoms with van der Waals surface area (Å²) < 4.78 is 5.18. The molecule has 7 heteroatoms. The topological polar surface area (TPSA) is 76.1 Å². The highest BCUT2D eigenvalue weighted by Gasteiger charge is 2.18. The standard InChI is InChI=1S/C15H20N4O2S/c1-4-12(16-10-7-6-8-11(9-10)21-3)14(20)17-15-19-18-13(5-2)22-15/h6-9,12,16H,4-5H2,1-3H3,(H,17,19,20)/t12-/m1/s1. The summed E-state index contributed by atoms with van der Waals surface area (Å²) in [5, 5.41) is 15.4. The van der Waals surface area contributed by atoms with Crippen LogP contribution in [0.4, 0.5) is 10.8 Å². The van der Waals surface area contributed by atoms with Gasteiger partial charge in [0, 0.05) is 11.8 Å². The first kappa shape index (κ1) is 16.2. The van der Waals surface area contributed by atoms with Gasteiger partial charge >= 0.3 is 0 Å². The van der Waals surface area contributed by atoms with Crippen LogP contribution in [0.2, 0.25) is 0 Å². The summed E-state index contributed by atoms with van der Waals surface area (Å²) >= 11 is 1.40. The SMILES string of the molecule is CCc1nnc(NC(=O)[C@@H](CC)Nc2cccc(OC)c2)s1. The average Bonchev–Trinajstić information content (AvgIpc) is 3.00. The number of anilines is 2. The van der Waals surface area contributed by atoms with E-state index >= 15 is 0 Å². The number of methoxy groups -OCH3 is 1. The fourth-order valence-electron chi connectivity index (χ4n) is 1.91. The molecule has 0 saturated carbocycles. The van der Waals surface area contributed by atoms with Crippen LogP contribution in [0.5, 0.6) is 5.75 Å². The summed E-state index contributed by atoms with van der Waals surface area (Å²) in [5.74, 6) is 0.626. The number of benzene rings is 1. The molecule has 0 bridgehead atoms. The number of hydrogen-bond donors (Lipinski definition) is 2. The number of hydrogen-bond acceptors (Lipinski definition) is 6. The molecule has 0 aliphatic carbocycles. The first-order chi connectivity index (χ1) is 10.7.